The van der Waals surface area contributed by atoms with Crippen LogP contribution in [0.2, 0.25) is 0 Å². The van der Waals surface area contributed by atoms with Gasteiger partial charge < -0.3 is 4.98 Å². The Bertz CT molecular complexity index is 5000. The predicted molar refractivity (Wildman–Crippen MR) is 386 cm³/mol. The molecule has 0 bridgehead atoms. The second kappa shape index (κ2) is 33.3. The van der Waals surface area contributed by atoms with Gasteiger partial charge in [-0.25, -0.2) is 64.6 Å². The van der Waals surface area contributed by atoms with E-state index in [9.17, 15) is 14.4 Å². The number of carbonyl (C=O) groups is 3. The van der Waals surface area contributed by atoms with E-state index in [1.54, 1.807) is 108 Å². The lowest BCUT2D eigenvalue weighted by Crippen LogP contribution is -2.44. The van der Waals surface area contributed by atoms with Crippen molar-refractivity contribution in [1.29, 1.82) is 10.5 Å². The van der Waals surface area contributed by atoms with Gasteiger partial charge in [0.25, 0.3) is 0 Å². The van der Waals surface area contributed by atoms with Crippen LogP contribution in [0.15, 0.2) is 322 Å². The average molecular weight is 1290 g/mol. The summed E-state index contributed by atoms with van der Waals surface area (Å²) in [5.74, 6) is 1.43. The first-order chi connectivity index (χ1) is 48.8. The summed E-state index contributed by atoms with van der Waals surface area (Å²) in [7, 11) is 0. The largest absolute Gasteiger partial charge is 0.355 e. The second-order valence-electron chi connectivity index (χ2n) is 21.2. The Hall–Kier alpha value is -14.6. The standard InChI is InChI=1S/C25H17N.C14H8O2.C13H10O.C8H4N2.C7H5N.C6H3N7.C4H4N2.C3H3N3/c1-2-6-20-18(5-1)13-19-10-9-16(14-22(19)20)17-11-12-25-23(15-17)21-7-3-4-8-24(21)26-25;15-13-9-5-1-2-6-10(9)14(16)12-8-4-3-7-11(12)13;14-13(11-7-3-1-4-8-11)12-9-5-2-6-10-12;1-10-8-4-2-7(6-9)3-5-8;8-6-7-4-2-1-3-5-7;1-7-4-9-2-11-6-12-3-10-5(8-1)13(4)6;1-2-5-4-6-3-1;1-4-2-6-3-5-1/h1-12,14-15,26H,13H2;1-8H;1-10H;2-5H;1-5H;1-3H;1-4H;1-3H. The smallest absolute Gasteiger partial charge is 0.242 e. The van der Waals surface area contributed by atoms with Crippen LogP contribution in [0.3, 0.4) is 0 Å². The number of nitrogens with one attached hydrogen (secondary N) is 1. The van der Waals surface area contributed by atoms with Crippen molar-refractivity contribution in [3.8, 4) is 34.4 Å². The molecular formula is C80H54N16O3. The summed E-state index contributed by atoms with van der Waals surface area (Å²) in [6, 6.07) is 84.9. The van der Waals surface area contributed by atoms with E-state index in [1.807, 2.05) is 91.0 Å². The Kier molecular flexibility index (Phi) is 22.2. The van der Waals surface area contributed by atoms with Crippen LogP contribution >= 0.6 is 0 Å². The molecule has 0 spiro atoms. The minimum Gasteiger partial charge on any atom is -0.355 e. The van der Waals surface area contributed by atoms with Crippen molar-refractivity contribution in [2.24, 2.45) is 30.0 Å². The number of aromatic nitrogens is 6. The van der Waals surface area contributed by atoms with Crippen molar-refractivity contribution in [2.75, 3.05) is 0 Å². The first kappa shape index (κ1) is 65.9. The molecule has 0 saturated heterocycles. The maximum atomic E-state index is 12.1. The Morgan fingerprint density at radius 2 is 0.838 bits per heavy atom. The van der Waals surface area contributed by atoms with Crippen LogP contribution in [0.5, 0.6) is 0 Å². The second-order valence-corrected chi connectivity index (χ2v) is 21.2. The van der Waals surface area contributed by atoms with Crippen LogP contribution in [-0.4, -0.2) is 89.0 Å². The monoisotopic (exact) mass is 1290 g/mol. The van der Waals surface area contributed by atoms with Crippen LogP contribution in [0.1, 0.15) is 70.0 Å². The minimum atomic E-state index is -0.0641. The number of guanidine groups is 3. The normalized spacial score (nSPS) is 12.1. The Morgan fingerprint density at radius 1 is 0.414 bits per heavy atom. The molecule has 10 aromatic carbocycles. The highest BCUT2D eigenvalue weighted by Gasteiger charge is 2.30. The molecule has 99 heavy (non-hydrogen) atoms. The number of fused-ring (bicyclic) bond motifs is 8. The highest BCUT2D eigenvalue weighted by Crippen LogP contribution is 2.40. The van der Waals surface area contributed by atoms with E-state index < -0.39 is 0 Å². The first-order valence-electron chi connectivity index (χ1n) is 30.6. The quantitative estimate of drug-likeness (QED) is 0.128. The van der Waals surface area contributed by atoms with Crippen LogP contribution < -0.4 is 0 Å². The van der Waals surface area contributed by atoms with E-state index in [1.165, 1.54) is 99.5 Å². The molecule has 0 saturated carbocycles. The minimum absolute atomic E-state index is 0.0641. The molecule has 2 aliphatic carbocycles. The van der Waals surface area contributed by atoms with Gasteiger partial charge in [0.2, 0.25) is 17.9 Å². The van der Waals surface area contributed by atoms with Crippen molar-refractivity contribution in [1.82, 2.24) is 34.8 Å². The molecule has 3 aliphatic heterocycles. The fourth-order valence-electron chi connectivity index (χ4n) is 10.4. The summed E-state index contributed by atoms with van der Waals surface area (Å²) < 4.78 is 0. The number of hydrogen-bond donors (Lipinski definition) is 1. The number of H-pyrrole nitrogens is 1. The Balaban J connectivity index is 0.000000120. The van der Waals surface area contributed by atoms with Gasteiger partial charge in [0.05, 0.1) is 24.3 Å². The first-order valence-corrected chi connectivity index (χ1v) is 30.6. The maximum Gasteiger partial charge on any atom is 0.242 e. The fourth-order valence-corrected chi connectivity index (χ4v) is 10.4. The molecule has 0 unspecified atom stereocenters. The molecule has 13 aromatic rings. The zero-order chi connectivity index (χ0) is 68.4. The Morgan fingerprint density at radius 3 is 1.31 bits per heavy atom. The van der Waals surface area contributed by atoms with E-state index in [0.717, 1.165) is 17.5 Å². The molecule has 0 atom stereocenters. The highest BCUT2D eigenvalue weighted by molar-refractivity contribution is 6.28. The van der Waals surface area contributed by atoms with Gasteiger partial charge in [-0.1, -0.05) is 212 Å². The summed E-state index contributed by atoms with van der Waals surface area (Å²) in [5.41, 5.74) is 16.0. The zero-order valence-electron chi connectivity index (χ0n) is 52.6. The number of rotatable bonds is 3. The predicted octanol–water partition coefficient (Wildman–Crippen LogP) is 15.4. The fraction of sp³-hybridized carbons (Fsp3) is 0.0125. The van der Waals surface area contributed by atoms with Crippen molar-refractivity contribution in [2.45, 2.75) is 6.42 Å². The van der Waals surface area contributed by atoms with E-state index in [0.29, 0.717) is 56.9 Å². The number of ketones is 3. The van der Waals surface area contributed by atoms with Crippen LogP contribution in [0, 0.1) is 29.2 Å². The van der Waals surface area contributed by atoms with E-state index in [2.05, 4.69) is 150 Å². The van der Waals surface area contributed by atoms with Gasteiger partial charge in [0, 0.05) is 73.1 Å². The van der Waals surface area contributed by atoms with Crippen molar-refractivity contribution in [3.63, 3.8) is 0 Å². The molecule has 0 fully saturated rings. The molecular weight excluding hydrogens is 1230 g/mol. The highest BCUT2D eigenvalue weighted by atomic mass is 16.1. The topological polar surface area (TPSA) is 261 Å². The number of aliphatic imine (C=N–C) groups is 6. The zero-order valence-corrected chi connectivity index (χ0v) is 52.6. The van der Waals surface area contributed by atoms with Crippen molar-refractivity contribution < 1.29 is 14.4 Å². The van der Waals surface area contributed by atoms with Gasteiger partial charge in [-0.05, 0) is 82.3 Å². The molecule has 6 heterocycles. The van der Waals surface area contributed by atoms with Crippen LogP contribution in [0.25, 0.3) is 48.9 Å². The maximum absolute atomic E-state index is 12.1. The molecule has 18 rings (SSSR count). The molecule has 1 N–H and O–H groups in total. The number of aromatic amines is 1. The SMILES string of the molecule is C1=NC2=NC=NC3=NC=NC(=N1)N23.N#Cc1ccccc1.O=C(c1ccccc1)c1ccccc1.O=C1c2ccccc2C(=O)c2ccccc21.[C-]#[N+]c1ccc(C#N)cc1.c1ccc2c(c1)Cc1ccc(-c3ccc4[nH]c5ccccc5c4c3)cc1-2.c1cncnc1.c1ncncn1. The van der Waals surface area contributed by atoms with Gasteiger partial charge in [0.15, 0.2) is 23.0 Å². The molecule has 19 heteroatoms. The van der Waals surface area contributed by atoms with E-state index in [4.69, 9.17) is 17.1 Å². The lowest BCUT2D eigenvalue weighted by molar-refractivity contribution is 0.0979. The van der Waals surface area contributed by atoms with Crippen molar-refractivity contribution >= 4 is 81.7 Å². The van der Waals surface area contributed by atoms with Crippen LogP contribution in [0.4, 0.5) is 5.69 Å². The van der Waals surface area contributed by atoms with Gasteiger partial charge in [-0.15, -0.1) is 0 Å². The van der Waals surface area contributed by atoms with Crippen molar-refractivity contribution in [3.05, 3.63) is 360 Å². The van der Waals surface area contributed by atoms with E-state index in [-0.39, 0.29) is 17.3 Å². The third-order valence-electron chi connectivity index (χ3n) is 15.1. The number of benzene rings is 10. The van der Waals surface area contributed by atoms with Gasteiger partial charge in [-0.2, -0.15) is 10.5 Å². The molecule has 0 amide bonds. The molecule has 19 nitrogen and oxygen atoms in total. The van der Waals surface area contributed by atoms with Gasteiger partial charge in [0.1, 0.15) is 44.3 Å². The van der Waals surface area contributed by atoms with Crippen LogP contribution in [-0.2, 0) is 6.42 Å². The third-order valence-corrected chi connectivity index (χ3v) is 15.1. The lowest BCUT2D eigenvalue weighted by atomic mass is 9.84. The molecule has 3 aromatic heterocycles. The summed E-state index contributed by atoms with van der Waals surface area (Å²) in [6.45, 7) is 6.61. The number of para-hydroxylation sites is 1. The lowest BCUT2D eigenvalue weighted by Gasteiger charge is -2.25. The third kappa shape index (κ3) is 16.8. The number of carbonyl (C=O) groups excluding carboxylic acids is 3. The van der Waals surface area contributed by atoms with Gasteiger partial charge in [-0.3, -0.25) is 14.4 Å². The molecule has 472 valence electrons. The molecule has 0 radical (unpaired) electrons. The molecule has 5 aliphatic rings. The average Bonchev–Trinajstić information content (AvgIpc) is 1.50. The number of nitriles is 2. The summed E-state index contributed by atoms with van der Waals surface area (Å²) in [4.78, 5) is 86.1. The summed E-state index contributed by atoms with van der Waals surface area (Å²) in [6.07, 6.45) is 14.5. The summed E-state index contributed by atoms with van der Waals surface area (Å²) in [5, 5.41) is 19.2. The van der Waals surface area contributed by atoms with Gasteiger partial charge >= 0.3 is 0 Å². The number of hydrogen-bond acceptors (Lipinski definition) is 17. The summed E-state index contributed by atoms with van der Waals surface area (Å²) >= 11 is 0. The number of nitrogens with zero attached hydrogens (tertiary/aromatic N) is 15. The Labute approximate surface area is 568 Å². The van der Waals surface area contributed by atoms with E-state index >= 15 is 0 Å².